The molecule has 1 rings (SSSR count). The standard InChI is InChI=1S/C17H21NO7/c1-4-5-6-15(20)25-10-14(19)18-13-9-11(16(21)23-2)7-8-12(13)17(22)24-3/h7-9H,4-6,10H2,1-3H3,(H,18,19). The molecule has 0 fully saturated rings. The molecule has 0 aliphatic carbocycles. The number of esters is 3. The normalized spacial score (nSPS) is 9.88. The molecule has 1 aromatic carbocycles. The van der Waals surface area contributed by atoms with Crippen LogP contribution in [0.15, 0.2) is 18.2 Å². The van der Waals surface area contributed by atoms with Crippen LogP contribution in [0.25, 0.3) is 0 Å². The molecule has 0 radical (unpaired) electrons. The highest BCUT2D eigenvalue weighted by atomic mass is 16.5. The zero-order valence-electron chi connectivity index (χ0n) is 14.4. The second-order valence-corrected chi connectivity index (χ2v) is 5.06. The first-order valence-electron chi connectivity index (χ1n) is 7.69. The molecule has 0 atom stereocenters. The smallest absolute Gasteiger partial charge is 0.339 e. The topological polar surface area (TPSA) is 108 Å². The number of rotatable bonds is 8. The summed E-state index contributed by atoms with van der Waals surface area (Å²) in [6.45, 7) is 1.44. The SMILES string of the molecule is CCCCC(=O)OCC(=O)Nc1cc(C(=O)OC)ccc1C(=O)OC. The van der Waals surface area contributed by atoms with Crippen molar-refractivity contribution in [1.29, 1.82) is 0 Å². The predicted octanol–water partition coefficient (Wildman–Crippen LogP) is 1.93. The summed E-state index contributed by atoms with van der Waals surface area (Å²) in [7, 11) is 2.40. The highest BCUT2D eigenvalue weighted by molar-refractivity contribution is 6.03. The van der Waals surface area contributed by atoms with Crippen molar-refractivity contribution in [2.45, 2.75) is 26.2 Å². The van der Waals surface area contributed by atoms with Gasteiger partial charge < -0.3 is 19.5 Å². The van der Waals surface area contributed by atoms with Crippen LogP contribution in [0.5, 0.6) is 0 Å². The Bertz CT molecular complexity index is 654. The van der Waals surface area contributed by atoms with Crippen molar-refractivity contribution in [3.05, 3.63) is 29.3 Å². The van der Waals surface area contributed by atoms with E-state index in [1.165, 1.54) is 32.4 Å². The van der Waals surface area contributed by atoms with Crippen LogP contribution < -0.4 is 5.32 Å². The van der Waals surface area contributed by atoms with Crippen LogP contribution in [0.3, 0.4) is 0 Å². The highest BCUT2D eigenvalue weighted by Gasteiger charge is 2.18. The number of methoxy groups -OCH3 is 2. The molecule has 25 heavy (non-hydrogen) atoms. The Morgan fingerprint density at radius 1 is 1.04 bits per heavy atom. The van der Waals surface area contributed by atoms with E-state index in [9.17, 15) is 19.2 Å². The zero-order valence-corrected chi connectivity index (χ0v) is 14.4. The Kier molecular flexibility index (Phi) is 8.11. The number of unbranched alkanes of at least 4 members (excludes halogenated alkanes) is 1. The summed E-state index contributed by atoms with van der Waals surface area (Å²) in [5.41, 5.74) is 0.260. The van der Waals surface area contributed by atoms with Crippen LogP contribution in [-0.2, 0) is 23.8 Å². The maximum Gasteiger partial charge on any atom is 0.339 e. The number of amides is 1. The lowest BCUT2D eigenvalue weighted by Gasteiger charge is -2.11. The second-order valence-electron chi connectivity index (χ2n) is 5.06. The van der Waals surface area contributed by atoms with Crippen molar-refractivity contribution in [3.63, 3.8) is 0 Å². The van der Waals surface area contributed by atoms with E-state index in [-0.39, 0.29) is 23.2 Å². The van der Waals surface area contributed by atoms with Crippen molar-refractivity contribution in [3.8, 4) is 0 Å². The summed E-state index contributed by atoms with van der Waals surface area (Å²) in [4.78, 5) is 46.7. The molecule has 1 N–H and O–H groups in total. The summed E-state index contributed by atoms with van der Waals surface area (Å²) >= 11 is 0. The molecular weight excluding hydrogens is 330 g/mol. The fourth-order valence-corrected chi connectivity index (χ4v) is 1.91. The van der Waals surface area contributed by atoms with E-state index < -0.39 is 30.4 Å². The van der Waals surface area contributed by atoms with Gasteiger partial charge in [-0.3, -0.25) is 9.59 Å². The number of hydrogen-bond donors (Lipinski definition) is 1. The lowest BCUT2D eigenvalue weighted by atomic mass is 10.1. The van der Waals surface area contributed by atoms with Crippen molar-refractivity contribution in [1.82, 2.24) is 0 Å². The number of carbonyl (C=O) groups is 4. The zero-order chi connectivity index (χ0) is 18.8. The average molecular weight is 351 g/mol. The van der Waals surface area contributed by atoms with Gasteiger partial charge in [0.15, 0.2) is 6.61 Å². The minimum absolute atomic E-state index is 0.0563. The average Bonchev–Trinajstić information content (AvgIpc) is 2.63. The monoisotopic (exact) mass is 351 g/mol. The van der Waals surface area contributed by atoms with Gasteiger partial charge in [-0.15, -0.1) is 0 Å². The first-order chi connectivity index (χ1) is 11.9. The number of ether oxygens (including phenoxy) is 3. The second kappa shape index (κ2) is 10.1. The maximum atomic E-state index is 11.9. The molecule has 8 nitrogen and oxygen atoms in total. The van der Waals surface area contributed by atoms with Crippen LogP contribution in [0.4, 0.5) is 5.69 Å². The Morgan fingerprint density at radius 3 is 2.32 bits per heavy atom. The summed E-state index contributed by atoms with van der Waals surface area (Å²) < 4.78 is 14.1. The number of carbonyl (C=O) groups excluding carboxylic acids is 4. The molecule has 0 aliphatic heterocycles. The first kappa shape index (κ1) is 20.1. The van der Waals surface area contributed by atoms with E-state index in [1.807, 2.05) is 6.92 Å². The molecule has 1 aromatic rings. The van der Waals surface area contributed by atoms with Gasteiger partial charge in [-0.1, -0.05) is 13.3 Å². The lowest BCUT2D eigenvalue weighted by molar-refractivity contribution is -0.147. The van der Waals surface area contributed by atoms with E-state index >= 15 is 0 Å². The Labute approximate surface area is 145 Å². The first-order valence-corrected chi connectivity index (χ1v) is 7.69. The summed E-state index contributed by atoms with van der Waals surface area (Å²) in [5.74, 6) is -2.44. The lowest BCUT2D eigenvalue weighted by Crippen LogP contribution is -2.22. The van der Waals surface area contributed by atoms with Crippen molar-refractivity contribution in [2.75, 3.05) is 26.1 Å². The van der Waals surface area contributed by atoms with Crippen LogP contribution in [0, 0.1) is 0 Å². The molecule has 0 saturated heterocycles. The number of nitrogens with one attached hydrogen (secondary N) is 1. The van der Waals surface area contributed by atoms with Gasteiger partial charge in [0.05, 0.1) is 31.0 Å². The summed E-state index contributed by atoms with van der Waals surface area (Å²) in [6.07, 6.45) is 1.74. The van der Waals surface area contributed by atoms with Gasteiger partial charge in [-0.05, 0) is 24.6 Å². The van der Waals surface area contributed by atoms with Crippen LogP contribution in [-0.4, -0.2) is 44.6 Å². The van der Waals surface area contributed by atoms with Crippen molar-refractivity contribution < 1.29 is 33.4 Å². The highest BCUT2D eigenvalue weighted by Crippen LogP contribution is 2.19. The molecule has 0 heterocycles. The molecule has 136 valence electrons. The largest absolute Gasteiger partial charge is 0.465 e. The number of hydrogen-bond acceptors (Lipinski definition) is 7. The molecule has 1 amide bonds. The summed E-state index contributed by atoms with van der Waals surface area (Å²) in [6, 6.07) is 3.99. The molecule has 0 bridgehead atoms. The predicted molar refractivity (Wildman–Crippen MR) is 88.2 cm³/mol. The van der Waals surface area contributed by atoms with Gasteiger partial charge in [0.1, 0.15) is 0 Å². The van der Waals surface area contributed by atoms with Crippen molar-refractivity contribution >= 4 is 29.5 Å². The Hall–Kier alpha value is -2.90. The van der Waals surface area contributed by atoms with E-state index in [4.69, 9.17) is 4.74 Å². The Morgan fingerprint density at radius 2 is 1.72 bits per heavy atom. The molecule has 0 unspecified atom stereocenters. The third-order valence-electron chi connectivity index (χ3n) is 3.22. The summed E-state index contributed by atoms with van der Waals surface area (Å²) in [5, 5.41) is 2.43. The Balaban J connectivity index is 2.86. The van der Waals surface area contributed by atoms with E-state index in [2.05, 4.69) is 14.8 Å². The third kappa shape index (κ3) is 6.25. The minimum Gasteiger partial charge on any atom is -0.465 e. The molecule has 0 aliphatic rings. The van der Waals surface area contributed by atoms with Crippen LogP contribution in [0.1, 0.15) is 46.9 Å². The fraction of sp³-hybridized carbons (Fsp3) is 0.412. The van der Waals surface area contributed by atoms with E-state index in [1.54, 1.807) is 0 Å². The van der Waals surface area contributed by atoms with Gasteiger partial charge in [-0.2, -0.15) is 0 Å². The molecule has 0 saturated carbocycles. The van der Waals surface area contributed by atoms with E-state index in [0.717, 1.165) is 6.42 Å². The number of anilines is 1. The van der Waals surface area contributed by atoms with Crippen molar-refractivity contribution in [2.24, 2.45) is 0 Å². The minimum atomic E-state index is -0.688. The van der Waals surface area contributed by atoms with Gasteiger partial charge in [0.2, 0.25) is 0 Å². The molecule has 0 aromatic heterocycles. The fourth-order valence-electron chi connectivity index (χ4n) is 1.91. The maximum absolute atomic E-state index is 11.9. The van der Waals surface area contributed by atoms with Crippen LogP contribution >= 0.6 is 0 Å². The van der Waals surface area contributed by atoms with Gasteiger partial charge in [-0.25, -0.2) is 9.59 Å². The van der Waals surface area contributed by atoms with E-state index in [0.29, 0.717) is 6.42 Å². The molecular formula is C17H21NO7. The van der Waals surface area contributed by atoms with Gasteiger partial charge >= 0.3 is 17.9 Å². The number of benzene rings is 1. The third-order valence-corrected chi connectivity index (χ3v) is 3.22. The van der Waals surface area contributed by atoms with Crippen LogP contribution in [0.2, 0.25) is 0 Å². The molecule has 8 heteroatoms. The quantitative estimate of drug-likeness (QED) is 0.563. The van der Waals surface area contributed by atoms with Gasteiger partial charge in [0, 0.05) is 6.42 Å². The molecule has 0 spiro atoms. The van der Waals surface area contributed by atoms with Gasteiger partial charge in [0.25, 0.3) is 5.91 Å².